The molecular formula is C6H2BrCl. The summed E-state index contributed by atoms with van der Waals surface area (Å²) in [7, 11) is 0. The topological polar surface area (TPSA) is 0 Å². The van der Waals surface area contributed by atoms with Gasteiger partial charge < -0.3 is 0 Å². The lowest BCUT2D eigenvalue weighted by molar-refractivity contribution is 1.62. The van der Waals surface area contributed by atoms with Crippen LogP contribution in [0.3, 0.4) is 0 Å². The van der Waals surface area contributed by atoms with Gasteiger partial charge in [-0.2, -0.15) is 0 Å². The fourth-order valence-electron chi connectivity index (χ4n) is 0.352. The molecule has 0 saturated heterocycles. The highest BCUT2D eigenvalue weighted by Crippen LogP contribution is 2.19. The Morgan fingerprint density at radius 2 is 2.38 bits per heavy atom. The van der Waals surface area contributed by atoms with Crippen molar-refractivity contribution >= 4 is 27.5 Å². The van der Waals surface area contributed by atoms with Crippen molar-refractivity contribution in [3.8, 4) is 0 Å². The smallest absolute Gasteiger partial charge is 0.0560 e. The van der Waals surface area contributed by atoms with E-state index in [0.29, 0.717) is 5.02 Å². The van der Waals surface area contributed by atoms with E-state index in [-0.39, 0.29) is 0 Å². The van der Waals surface area contributed by atoms with Crippen molar-refractivity contribution < 1.29 is 0 Å². The first-order chi connectivity index (χ1) is 3.80. The second kappa shape index (κ2) is 2.51. The molecule has 0 aliphatic carbocycles. The fourth-order valence-corrected chi connectivity index (χ4v) is 0.699. The van der Waals surface area contributed by atoms with Gasteiger partial charge in [0.05, 0.1) is 5.02 Å². The van der Waals surface area contributed by atoms with E-state index >= 15 is 0 Å². The monoisotopic (exact) mass is 188 g/mol. The maximum Gasteiger partial charge on any atom is 0.0560 e. The summed E-state index contributed by atoms with van der Waals surface area (Å²) in [5.41, 5.74) is 0. The predicted molar refractivity (Wildman–Crippen MR) is 36.8 cm³/mol. The molecule has 1 aromatic carbocycles. The van der Waals surface area contributed by atoms with Crippen LogP contribution in [0.15, 0.2) is 16.6 Å². The summed E-state index contributed by atoms with van der Waals surface area (Å²) in [5, 5.41) is 0.646. The van der Waals surface area contributed by atoms with Crippen LogP contribution >= 0.6 is 27.5 Å². The molecule has 2 heteroatoms. The van der Waals surface area contributed by atoms with Gasteiger partial charge in [0.25, 0.3) is 0 Å². The summed E-state index contributed by atoms with van der Waals surface area (Å²) in [6.45, 7) is 0. The van der Waals surface area contributed by atoms with Crippen LogP contribution in [0.1, 0.15) is 0 Å². The lowest BCUT2D eigenvalue weighted by Crippen LogP contribution is -1.64. The zero-order valence-corrected chi connectivity index (χ0v) is 6.25. The summed E-state index contributed by atoms with van der Waals surface area (Å²) in [5.74, 6) is 0. The van der Waals surface area contributed by atoms with E-state index in [2.05, 4.69) is 28.1 Å². The Morgan fingerprint density at radius 3 is 2.75 bits per heavy atom. The standard InChI is InChI=1S/C6H2BrCl/c7-5-3-1-2-4-6(5)8/h1,4H. The summed E-state index contributed by atoms with van der Waals surface area (Å²) < 4.78 is 0.790. The van der Waals surface area contributed by atoms with Crippen LogP contribution in [-0.4, -0.2) is 0 Å². The Hall–Kier alpha value is -0.0100. The molecule has 0 atom stereocenters. The number of hydrogen-bond acceptors (Lipinski definition) is 0. The van der Waals surface area contributed by atoms with E-state index in [1.165, 1.54) is 0 Å². The Bertz CT molecular complexity index is 165. The van der Waals surface area contributed by atoms with E-state index in [1.807, 2.05) is 0 Å². The molecule has 0 nitrogen and oxygen atoms in total. The van der Waals surface area contributed by atoms with E-state index in [9.17, 15) is 0 Å². The zero-order chi connectivity index (χ0) is 5.98. The Kier molecular flexibility index (Phi) is 1.92. The maximum atomic E-state index is 5.60. The molecule has 0 aliphatic rings. The van der Waals surface area contributed by atoms with Gasteiger partial charge >= 0.3 is 0 Å². The van der Waals surface area contributed by atoms with E-state index < -0.39 is 0 Å². The lowest BCUT2D eigenvalue weighted by atomic mass is 10.4. The molecule has 8 heavy (non-hydrogen) atoms. The number of hydrogen-bond donors (Lipinski definition) is 0. The Labute approximate surface area is 61.6 Å². The van der Waals surface area contributed by atoms with Crippen LogP contribution in [0, 0.1) is 12.1 Å². The third-order valence-corrected chi connectivity index (χ3v) is 1.88. The number of rotatable bonds is 0. The summed E-state index contributed by atoms with van der Waals surface area (Å²) in [4.78, 5) is 0. The molecule has 0 N–H and O–H groups in total. The highest BCUT2D eigenvalue weighted by molar-refractivity contribution is 9.10. The van der Waals surface area contributed by atoms with Crippen molar-refractivity contribution in [1.82, 2.24) is 0 Å². The molecule has 0 bridgehead atoms. The summed E-state index contributed by atoms with van der Waals surface area (Å²) >= 11 is 8.79. The van der Waals surface area contributed by atoms with Gasteiger partial charge in [-0.05, 0) is 40.2 Å². The molecule has 0 fully saturated rings. The first-order valence-electron chi connectivity index (χ1n) is 2.03. The van der Waals surface area contributed by atoms with Gasteiger partial charge in [0.2, 0.25) is 0 Å². The molecule has 1 rings (SSSR count). The van der Waals surface area contributed by atoms with Crippen LogP contribution in [0.4, 0.5) is 0 Å². The van der Waals surface area contributed by atoms with Crippen LogP contribution in [0.25, 0.3) is 0 Å². The van der Waals surface area contributed by atoms with E-state index in [0.717, 1.165) is 4.47 Å². The number of benzene rings is 1. The normalized spacial score (nSPS) is 9.25. The molecule has 1 aromatic rings. The van der Waals surface area contributed by atoms with E-state index in [1.54, 1.807) is 12.1 Å². The van der Waals surface area contributed by atoms with Gasteiger partial charge in [0.15, 0.2) is 0 Å². The van der Waals surface area contributed by atoms with Crippen LogP contribution in [0.2, 0.25) is 5.02 Å². The largest absolute Gasteiger partial charge is 0.0831 e. The average Bonchev–Trinajstić information content (AvgIpc) is 1.77. The van der Waals surface area contributed by atoms with Gasteiger partial charge in [-0.3, -0.25) is 0 Å². The molecule has 0 aliphatic heterocycles. The minimum Gasteiger partial charge on any atom is -0.0831 e. The van der Waals surface area contributed by atoms with Crippen molar-refractivity contribution in [2.45, 2.75) is 0 Å². The van der Waals surface area contributed by atoms with Crippen LogP contribution in [-0.2, 0) is 0 Å². The third kappa shape index (κ3) is 1.23. The van der Waals surface area contributed by atoms with Crippen LogP contribution < -0.4 is 0 Å². The second-order valence-electron chi connectivity index (χ2n) is 1.26. The van der Waals surface area contributed by atoms with Crippen LogP contribution in [0.5, 0.6) is 0 Å². The third-order valence-electron chi connectivity index (χ3n) is 0.702. The highest BCUT2D eigenvalue weighted by atomic mass is 79.9. The number of halogens is 2. The van der Waals surface area contributed by atoms with Crippen molar-refractivity contribution in [3.63, 3.8) is 0 Å². The molecule has 40 valence electrons. The van der Waals surface area contributed by atoms with E-state index in [4.69, 9.17) is 11.6 Å². The zero-order valence-electron chi connectivity index (χ0n) is 3.91. The van der Waals surface area contributed by atoms with Gasteiger partial charge in [-0.1, -0.05) is 11.6 Å². The summed E-state index contributed by atoms with van der Waals surface area (Å²) in [6.07, 6.45) is 0. The molecular weight excluding hydrogens is 187 g/mol. The first kappa shape index (κ1) is 6.12. The lowest BCUT2D eigenvalue weighted by Gasteiger charge is -1.87. The Morgan fingerprint density at radius 1 is 1.62 bits per heavy atom. The average molecular weight is 189 g/mol. The van der Waals surface area contributed by atoms with Gasteiger partial charge in [-0.25, -0.2) is 0 Å². The molecule has 0 unspecified atom stereocenters. The molecule has 0 amide bonds. The first-order valence-corrected chi connectivity index (χ1v) is 3.20. The van der Waals surface area contributed by atoms with Crippen molar-refractivity contribution in [1.29, 1.82) is 0 Å². The SMILES string of the molecule is Clc1c[c]c[c]c1Br. The van der Waals surface area contributed by atoms with Crippen molar-refractivity contribution in [2.75, 3.05) is 0 Å². The van der Waals surface area contributed by atoms with Gasteiger partial charge in [0.1, 0.15) is 0 Å². The maximum absolute atomic E-state index is 5.60. The molecule has 0 aromatic heterocycles. The van der Waals surface area contributed by atoms with Crippen molar-refractivity contribution in [2.24, 2.45) is 0 Å². The molecule has 0 heterocycles. The second-order valence-corrected chi connectivity index (χ2v) is 2.46. The minimum atomic E-state index is 0.646. The predicted octanol–water partition coefficient (Wildman–Crippen LogP) is 2.70. The van der Waals surface area contributed by atoms with Gasteiger partial charge in [-0.15, -0.1) is 0 Å². The molecule has 0 saturated carbocycles. The quantitative estimate of drug-likeness (QED) is 0.589. The van der Waals surface area contributed by atoms with Gasteiger partial charge in [0, 0.05) is 4.47 Å². The minimum absolute atomic E-state index is 0.646. The highest BCUT2D eigenvalue weighted by Gasteiger charge is 1.89. The Balaban J connectivity index is 3.13. The molecule has 0 spiro atoms. The summed E-state index contributed by atoms with van der Waals surface area (Å²) in [6, 6.07) is 8.97. The fraction of sp³-hybridized carbons (Fsp3) is 0. The molecule has 2 radical (unpaired) electrons. The van der Waals surface area contributed by atoms with Crippen molar-refractivity contribution in [3.05, 3.63) is 33.8 Å².